The van der Waals surface area contributed by atoms with Gasteiger partial charge in [0, 0.05) is 6.04 Å². The Kier molecular flexibility index (Phi) is 3.12. The van der Waals surface area contributed by atoms with Gasteiger partial charge in [0.25, 0.3) is 0 Å². The van der Waals surface area contributed by atoms with E-state index in [1.807, 2.05) is 19.1 Å². The number of fused-ring (bicyclic) bond motifs is 1. The Morgan fingerprint density at radius 3 is 2.89 bits per heavy atom. The van der Waals surface area contributed by atoms with Gasteiger partial charge in [0.1, 0.15) is 11.3 Å². The Morgan fingerprint density at radius 1 is 1.39 bits per heavy atom. The Bertz CT molecular complexity index is 608. The van der Waals surface area contributed by atoms with Gasteiger partial charge in [-0.3, -0.25) is 0 Å². The Morgan fingerprint density at radius 2 is 2.17 bits per heavy atom. The van der Waals surface area contributed by atoms with E-state index >= 15 is 0 Å². The van der Waals surface area contributed by atoms with Crippen LogP contribution in [0.25, 0.3) is 11.0 Å². The number of H-pyrrole nitrogens is 1. The topological polar surface area (TPSA) is 29.9 Å². The maximum absolute atomic E-state index is 5.66. The summed E-state index contributed by atoms with van der Waals surface area (Å²) >= 11 is 5.49. The first-order valence-electron chi connectivity index (χ1n) is 6.67. The number of ether oxygens (including phenoxy) is 1. The highest BCUT2D eigenvalue weighted by Gasteiger charge is 2.20. The second-order valence-electron chi connectivity index (χ2n) is 4.82. The average molecular weight is 262 g/mol. The number of aromatic amines is 1. The van der Waals surface area contributed by atoms with E-state index in [0.29, 0.717) is 12.6 Å². The van der Waals surface area contributed by atoms with Crippen LogP contribution in [0.3, 0.4) is 0 Å². The van der Waals surface area contributed by atoms with E-state index in [9.17, 15) is 0 Å². The lowest BCUT2D eigenvalue weighted by atomic mass is 10.2. The van der Waals surface area contributed by atoms with Gasteiger partial charge in [-0.25, -0.2) is 0 Å². The molecule has 3 nitrogen and oxygen atoms in total. The van der Waals surface area contributed by atoms with Crippen LogP contribution >= 0.6 is 12.2 Å². The third-order valence-corrected chi connectivity index (χ3v) is 4.00. The molecular formula is C14H18N2OS. The lowest BCUT2D eigenvalue weighted by molar-refractivity contribution is 0.343. The highest BCUT2D eigenvalue weighted by Crippen LogP contribution is 2.34. The molecule has 4 heteroatoms. The van der Waals surface area contributed by atoms with Crippen molar-refractivity contribution in [3.05, 3.63) is 23.0 Å². The van der Waals surface area contributed by atoms with Gasteiger partial charge in [0.05, 0.1) is 12.1 Å². The summed E-state index contributed by atoms with van der Waals surface area (Å²) in [5.74, 6) is 0.901. The number of benzene rings is 1. The predicted octanol–water partition coefficient (Wildman–Crippen LogP) is 4.21. The van der Waals surface area contributed by atoms with Gasteiger partial charge in [-0.05, 0) is 44.1 Å². The van der Waals surface area contributed by atoms with Crippen molar-refractivity contribution in [2.24, 2.45) is 0 Å². The summed E-state index contributed by atoms with van der Waals surface area (Å²) in [6, 6.07) is 6.73. The molecule has 0 unspecified atom stereocenters. The average Bonchev–Trinajstić information content (AvgIpc) is 2.96. The first kappa shape index (κ1) is 11.8. The number of hydrogen-bond acceptors (Lipinski definition) is 2. The summed E-state index contributed by atoms with van der Waals surface area (Å²) in [6.45, 7) is 2.68. The lowest BCUT2D eigenvalue weighted by Gasteiger charge is -2.12. The van der Waals surface area contributed by atoms with Crippen LogP contribution in [0.2, 0.25) is 0 Å². The minimum Gasteiger partial charge on any atom is -0.492 e. The highest BCUT2D eigenvalue weighted by molar-refractivity contribution is 7.71. The number of nitrogens with one attached hydrogen (secondary N) is 1. The van der Waals surface area contributed by atoms with Crippen molar-refractivity contribution in [3.8, 4) is 5.75 Å². The fraction of sp³-hybridized carbons (Fsp3) is 0.500. The molecule has 1 saturated carbocycles. The molecule has 0 spiro atoms. The van der Waals surface area contributed by atoms with E-state index in [0.717, 1.165) is 16.0 Å². The fourth-order valence-electron chi connectivity index (χ4n) is 2.92. The van der Waals surface area contributed by atoms with Gasteiger partial charge < -0.3 is 14.3 Å². The van der Waals surface area contributed by atoms with Crippen LogP contribution in [0.1, 0.15) is 38.6 Å². The van der Waals surface area contributed by atoms with E-state index in [-0.39, 0.29) is 0 Å². The molecule has 0 atom stereocenters. The van der Waals surface area contributed by atoms with Crippen molar-refractivity contribution < 1.29 is 4.74 Å². The van der Waals surface area contributed by atoms with Crippen molar-refractivity contribution >= 4 is 23.3 Å². The number of hydrogen-bond donors (Lipinski definition) is 1. The zero-order chi connectivity index (χ0) is 12.5. The number of aromatic nitrogens is 2. The first-order chi connectivity index (χ1) is 8.81. The largest absolute Gasteiger partial charge is 0.492 e. The molecule has 1 aliphatic rings. The van der Waals surface area contributed by atoms with Gasteiger partial charge in [-0.1, -0.05) is 18.9 Å². The van der Waals surface area contributed by atoms with E-state index in [1.165, 1.54) is 31.2 Å². The summed E-state index contributed by atoms with van der Waals surface area (Å²) < 4.78 is 8.76. The third kappa shape index (κ3) is 1.85. The molecule has 1 N–H and O–H groups in total. The SMILES string of the molecule is CCOc1cccc2c1[nH]c(=S)n2C1CCCC1. The van der Waals surface area contributed by atoms with Crippen molar-refractivity contribution in [3.63, 3.8) is 0 Å². The molecule has 96 valence electrons. The lowest BCUT2D eigenvalue weighted by Crippen LogP contribution is -2.04. The molecule has 18 heavy (non-hydrogen) atoms. The van der Waals surface area contributed by atoms with E-state index in [4.69, 9.17) is 17.0 Å². The monoisotopic (exact) mass is 262 g/mol. The Balaban J connectivity index is 2.17. The first-order valence-corrected chi connectivity index (χ1v) is 7.08. The van der Waals surface area contributed by atoms with Gasteiger partial charge in [0.15, 0.2) is 4.77 Å². The number of rotatable bonds is 3. The molecule has 0 aliphatic heterocycles. The second kappa shape index (κ2) is 4.76. The normalized spacial score (nSPS) is 16.5. The van der Waals surface area contributed by atoms with Crippen LogP contribution in [-0.4, -0.2) is 16.2 Å². The number of para-hydroxylation sites is 1. The van der Waals surface area contributed by atoms with Crippen molar-refractivity contribution in [1.29, 1.82) is 0 Å². The quantitative estimate of drug-likeness (QED) is 0.840. The van der Waals surface area contributed by atoms with Crippen LogP contribution in [-0.2, 0) is 0 Å². The van der Waals surface area contributed by atoms with Crippen LogP contribution in [0, 0.1) is 4.77 Å². The molecule has 1 aliphatic carbocycles. The molecule has 3 rings (SSSR count). The molecule has 1 fully saturated rings. The van der Waals surface area contributed by atoms with E-state index in [1.54, 1.807) is 0 Å². The van der Waals surface area contributed by atoms with Crippen LogP contribution in [0.15, 0.2) is 18.2 Å². The number of imidazole rings is 1. The molecule has 2 aromatic rings. The van der Waals surface area contributed by atoms with Crippen LogP contribution < -0.4 is 4.74 Å². The molecule has 0 amide bonds. The molecule has 1 heterocycles. The number of nitrogens with zero attached hydrogens (tertiary/aromatic N) is 1. The summed E-state index contributed by atoms with van der Waals surface area (Å²) in [6.07, 6.45) is 5.09. The standard InChI is InChI=1S/C14H18N2OS/c1-2-17-12-9-5-8-11-13(12)15-14(18)16(11)10-6-3-4-7-10/h5,8-10H,2-4,6-7H2,1H3,(H,15,18). The van der Waals surface area contributed by atoms with Gasteiger partial charge in [-0.2, -0.15) is 0 Å². The maximum Gasteiger partial charge on any atom is 0.178 e. The summed E-state index contributed by atoms with van der Waals surface area (Å²) in [4.78, 5) is 3.31. The van der Waals surface area contributed by atoms with Crippen molar-refractivity contribution in [2.45, 2.75) is 38.6 Å². The summed E-state index contributed by atoms with van der Waals surface area (Å²) in [5, 5.41) is 0. The summed E-state index contributed by atoms with van der Waals surface area (Å²) in [7, 11) is 0. The smallest absolute Gasteiger partial charge is 0.178 e. The second-order valence-corrected chi connectivity index (χ2v) is 5.21. The Hall–Kier alpha value is -1.29. The van der Waals surface area contributed by atoms with E-state index in [2.05, 4.69) is 15.6 Å². The Labute approximate surface area is 112 Å². The predicted molar refractivity (Wildman–Crippen MR) is 75.8 cm³/mol. The maximum atomic E-state index is 5.66. The van der Waals surface area contributed by atoms with Gasteiger partial charge >= 0.3 is 0 Å². The summed E-state index contributed by atoms with van der Waals surface area (Å²) in [5.41, 5.74) is 2.22. The zero-order valence-electron chi connectivity index (χ0n) is 10.6. The minimum atomic E-state index is 0.558. The fourth-order valence-corrected chi connectivity index (χ4v) is 3.27. The third-order valence-electron chi connectivity index (χ3n) is 3.70. The zero-order valence-corrected chi connectivity index (χ0v) is 11.4. The van der Waals surface area contributed by atoms with Crippen LogP contribution in [0.4, 0.5) is 0 Å². The molecule has 1 aromatic heterocycles. The molecule has 0 bridgehead atoms. The molecule has 0 saturated heterocycles. The molecule has 1 aromatic carbocycles. The molecule has 0 radical (unpaired) electrons. The molecular weight excluding hydrogens is 244 g/mol. The highest BCUT2D eigenvalue weighted by atomic mass is 32.1. The van der Waals surface area contributed by atoms with Gasteiger partial charge in [-0.15, -0.1) is 0 Å². The van der Waals surface area contributed by atoms with E-state index < -0.39 is 0 Å². The van der Waals surface area contributed by atoms with Crippen molar-refractivity contribution in [2.75, 3.05) is 6.61 Å². The van der Waals surface area contributed by atoms with Crippen LogP contribution in [0.5, 0.6) is 5.75 Å². The van der Waals surface area contributed by atoms with Gasteiger partial charge in [0.2, 0.25) is 0 Å². The minimum absolute atomic E-state index is 0.558. The van der Waals surface area contributed by atoms with Crippen molar-refractivity contribution in [1.82, 2.24) is 9.55 Å².